The molecule has 9 heteroatoms. The highest BCUT2D eigenvalue weighted by Crippen LogP contribution is 2.30. The number of nitrogens with two attached hydrogens (primary N) is 1. The van der Waals surface area contributed by atoms with Gasteiger partial charge in [0.15, 0.2) is 0 Å². The molecule has 140 valence electrons. The maximum absolute atomic E-state index is 12.7. The van der Waals surface area contributed by atoms with Gasteiger partial charge in [-0.05, 0) is 36.1 Å². The van der Waals surface area contributed by atoms with Crippen LogP contribution in [0.5, 0.6) is 0 Å². The number of methoxy groups -OCH3 is 1. The third kappa shape index (κ3) is 5.30. The van der Waals surface area contributed by atoms with Crippen LogP contribution in [0.25, 0.3) is 10.4 Å². The average Bonchev–Trinajstić information content (AvgIpc) is 3.11. The Morgan fingerprint density at radius 1 is 1.31 bits per heavy atom. The van der Waals surface area contributed by atoms with Crippen molar-refractivity contribution in [1.82, 2.24) is 5.32 Å². The number of esters is 1. The van der Waals surface area contributed by atoms with Gasteiger partial charge in [0.1, 0.15) is 15.9 Å². The summed E-state index contributed by atoms with van der Waals surface area (Å²) in [7, 11) is -2.10. The smallest absolute Gasteiger partial charge is 0.328 e. The Kier molecular flexibility index (Phi) is 6.38. The molecule has 0 saturated carbocycles. The molecule has 0 aliphatic carbocycles. The third-order valence-electron chi connectivity index (χ3n) is 3.64. The van der Waals surface area contributed by atoms with E-state index in [0.29, 0.717) is 16.8 Å². The molecule has 0 spiro atoms. The minimum Gasteiger partial charge on any atom is -0.467 e. The van der Waals surface area contributed by atoms with Crippen LogP contribution in [0.3, 0.4) is 0 Å². The maximum Gasteiger partial charge on any atom is 0.328 e. The third-order valence-corrected chi connectivity index (χ3v) is 5.52. The second-order valence-electron chi connectivity index (χ2n) is 5.75. The van der Waals surface area contributed by atoms with Crippen LogP contribution < -0.4 is 11.1 Å². The lowest BCUT2D eigenvalue weighted by Crippen LogP contribution is -2.42. The lowest BCUT2D eigenvalue weighted by molar-refractivity contribution is -0.142. The van der Waals surface area contributed by atoms with Crippen molar-refractivity contribution in [3.05, 3.63) is 41.3 Å². The second kappa shape index (κ2) is 8.33. The number of nitrogens with one attached hydrogen (secondary N) is 1. The number of sulfone groups is 1. The van der Waals surface area contributed by atoms with Gasteiger partial charge in [0.25, 0.3) is 5.91 Å². The number of thiophene rings is 1. The van der Waals surface area contributed by atoms with Crippen LogP contribution in [-0.2, 0) is 19.4 Å². The summed E-state index contributed by atoms with van der Waals surface area (Å²) in [4.78, 5) is 25.5. The van der Waals surface area contributed by atoms with Crippen molar-refractivity contribution in [3.8, 4) is 10.4 Å². The Labute approximate surface area is 156 Å². The molecular weight excluding hydrogens is 376 g/mol. The lowest BCUT2D eigenvalue weighted by Gasteiger charge is -2.17. The minimum atomic E-state index is -3.28. The molecule has 26 heavy (non-hydrogen) atoms. The monoisotopic (exact) mass is 396 g/mol. The molecule has 0 bridgehead atoms. The van der Waals surface area contributed by atoms with Gasteiger partial charge in [0.05, 0.1) is 12.9 Å². The van der Waals surface area contributed by atoms with E-state index in [1.165, 1.54) is 18.4 Å². The first-order valence-corrected chi connectivity index (χ1v) is 10.6. The van der Waals surface area contributed by atoms with E-state index in [1.54, 1.807) is 18.2 Å². The van der Waals surface area contributed by atoms with Gasteiger partial charge in [-0.3, -0.25) is 4.79 Å². The van der Waals surface area contributed by atoms with E-state index in [1.807, 2.05) is 17.5 Å². The molecule has 0 aliphatic rings. The van der Waals surface area contributed by atoms with Crippen molar-refractivity contribution >= 4 is 38.7 Å². The molecule has 1 aromatic carbocycles. The van der Waals surface area contributed by atoms with Crippen molar-refractivity contribution in [2.45, 2.75) is 12.5 Å². The van der Waals surface area contributed by atoms with Crippen molar-refractivity contribution in [2.75, 3.05) is 24.9 Å². The van der Waals surface area contributed by atoms with Crippen molar-refractivity contribution in [2.24, 2.45) is 0 Å². The zero-order valence-electron chi connectivity index (χ0n) is 14.4. The summed E-state index contributed by atoms with van der Waals surface area (Å²) in [6.07, 6.45) is 0.999. The number of carbonyl (C=O) groups excluding carboxylic acids is 2. The molecule has 2 aromatic rings. The standard InChI is InChI=1S/C17H20N2O5S2/c1-24-17(21)14(7-9-26(2,22)23)19-16(20)12-6-5-11(18)10-13(12)15-4-3-8-25-15/h3-6,8,10,14H,7,9,18H2,1-2H3,(H,19,20)/t14-/m0/s1. The van der Waals surface area contributed by atoms with E-state index < -0.39 is 27.8 Å². The highest BCUT2D eigenvalue weighted by atomic mass is 32.2. The molecule has 1 amide bonds. The summed E-state index contributed by atoms with van der Waals surface area (Å²) < 4.78 is 27.4. The first-order chi connectivity index (χ1) is 12.2. The molecule has 1 aromatic heterocycles. The van der Waals surface area contributed by atoms with Gasteiger partial charge in [-0.1, -0.05) is 6.07 Å². The van der Waals surface area contributed by atoms with Gasteiger partial charge in [-0.25, -0.2) is 13.2 Å². The first kappa shape index (κ1) is 19.9. The molecule has 1 heterocycles. The van der Waals surface area contributed by atoms with Crippen LogP contribution in [-0.4, -0.2) is 45.5 Å². The highest BCUT2D eigenvalue weighted by molar-refractivity contribution is 7.90. The highest BCUT2D eigenvalue weighted by Gasteiger charge is 2.25. The molecule has 0 saturated heterocycles. The Balaban J connectivity index is 2.28. The summed E-state index contributed by atoms with van der Waals surface area (Å²) >= 11 is 1.45. The van der Waals surface area contributed by atoms with E-state index in [0.717, 1.165) is 11.1 Å². The fourth-order valence-electron chi connectivity index (χ4n) is 2.35. The molecule has 1 atom stereocenters. The van der Waals surface area contributed by atoms with Crippen LogP contribution in [0.1, 0.15) is 16.8 Å². The molecular formula is C17H20N2O5S2. The van der Waals surface area contributed by atoms with E-state index in [4.69, 9.17) is 5.73 Å². The Bertz CT molecular complexity index is 892. The topological polar surface area (TPSA) is 116 Å². The quantitative estimate of drug-likeness (QED) is 0.544. The van der Waals surface area contributed by atoms with Crippen LogP contribution in [0.15, 0.2) is 35.7 Å². The zero-order chi connectivity index (χ0) is 19.3. The van der Waals surface area contributed by atoms with E-state index in [9.17, 15) is 18.0 Å². The summed E-state index contributed by atoms with van der Waals surface area (Å²) in [5.74, 6) is -1.44. The molecule has 2 rings (SSSR count). The molecule has 7 nitrogen and oxygen atoms in total. The van der Waals surface area contributed by atoms with Crippen LogP contribution in [0.4, 0.5) is 5.69 Å². The van der Waals surface area contributed by atoms with Crippen LogP contribution in [0.2, 0.25) is 0 Å². The second-order valence-corrected chi connectivity index (χ2v) is 8.96. The Hall–Kier alpha value is -2.39. The summed E-state index contributed by atoms with van der Waals surface area (Å²) in [6.45, 7) is 0. The zero-order valence-corrected chi connectivity index (χ0v) is 16.0. The van der Waals surface area contributed by atoms with Gasteiger partial charge in [0, 0.05) is 27.9 Å². The number of amides is 1. The van der Waals surface area contributed by atoms with Gasteiger partial charge >= 0.3 is 5.97 Å². The van der Waals surface area contributed by atoms with E-state index in [2.05, 4.69) is 10.1 Å². The summed E-state index contributed by atoms with van der Waals surface area (Å²) in [6, 6.07) is 7.51. The molecule has 0 aliphatic heterocycles. The average molecular weight is 396 g/mol. The normalized spacial score (nSPS) is 12.4. The van der Waals surface area contributed by atoms with Crippen molar-refractivity contribution in [3.63, 3.8) is 0 Å². The van der Waals surface area contributed by atoms with Crippen LogP contribution in [0, 0.1) is 0 Å². The number of anilines is 1. The lowest BCUT2D eigenvalue weighted by atomic mass is 10.0. The number of carbonyl (C=O) groups is 2. The Morgan fingerprint density at radius 3 is 2.62 bits per heavy atom. The number of nitrogen functional groups attached to an aromatic ring is 1. The van der Waals surface area contributed by atoms with Gasteiger partial charge in [-0.15, -0.1) is 11.3 Å². The Morgan fingerprint density at radius 2 is 2.04 bits per heavy atom. The predicted molar refractivity (Wildman–Crippen MR) is 102 cm³/mol. The summed E-state index contributed by atoms with van der Waals surface area (Å²) in [5.41, 5.74) is 7.32. The van der Waals surface area contributed by atoms with Gasteiger partial charge < -0.3 is 15.8 Å². The van der Waals surface area contributed by atoms with Crippen molar-refractivity contribution in [1.29, 1.82) is 0 Å². The minimum absolute atomic E-state index is 0.0689. The summed E-state index contributed by atoms with van der Waals surface area (Å²) in [5, 5.41) is 4.44. The number of rotatable bonds is 7. The molecule has 0 unspecified atom stereocenters. The number of hydrogen-bond donors (Lipinski definition) is 2. The van der Waals surface area contributed by atoms with Gasteiger partial charge in [-0.2, -0.15) is 0 Å². The number of hydrogen-bond acceptors (Lipinski definition) is 7. The molecule has 3 N–H and O–H groups in total. The molecule has 0 fully saturated rings. The van der Waals surface area contributed by atoms with Crippen molar-refractivity contribution < 1.29 is 22.7 Å². The largest absolute Gasteiger partial charge is 0.467 e. The molecule has 0 radical (unpaired) electrons. The van der Waals surface area contributed by atoms with Gasteiger partial charge in [0.2, 0.25) is 0 Å². The van der Waals surface area contributed by atoms with Crippen LogP contribution >= 0.6 is 11.3 Å². The first-order valence-electron chi connectivity index (χ1n) is 7.71. The number of ether oxygens (including phenoxy) is 1. The fraction of sp³-hybridized carbons (Fsp3) is 0.294. The fourth-order valence-corrected chi connectivity index (χ4v) is 3.78. The van der Waals surface area contributed by atoms with E-state index in [-0.39, 0.29) is 12.2 Å². The van der Waals surface area contributed by atoms with E-state index >= 15 is 0 Å². The SMILES string of the molecule is COC(=O)[C@H](CCS(C)(=O)=O)NC(=O)c1ccc(N)cc1-c1cccs1. The predicted octanol–water partition coefficient (Wildman–Crippen LogP) is 1.70. The maximum atomic E-state index is 12.7. The number of benzene rings is 1.